The maximum absolute atomic E-state index is 10.8. The molecule has 0 radical (unpaired) electrons. The molecule has 1 atom stereocenters. The summed E-state index contributed by atoms with van der Waals surface area (Å²) in [7, 11) is 0. The van der Waals surface area contributed by atoms with E-state index in [0.29, 0.717) is 6.61 Å². The van der Waals surface area contributed by atoms with Gasteiger partial charge in [-0.1, -0.05) is 6.08 Å². The van der Waals surface area contributed by atoms with Crippen LogP contribution in [-0.2, 0) is 4.74 Å². The molecule has 0 aromatic carbocycles. The number of alkyl carbamates (subject to hydrolysis) is 1. The van der Waals surface area contributed by atoms with Crippen molar-refractivity contribution in [3.8, 4) is 0 Å². The van der Waals surface area contributed by atoms with E-state index in [1.165, 1.54) is 0 Å². The standard InChI is InChI=1S/C10H12N2O2/c1-10(7-14-9(13)12-10)5-4-8-3-2-6-11-8/h2-6,11H,7H2,1H3,(H,12,13)/b5-4+. The molecule has 2 rings (SSSR count). The van der Waals surface area contributed by atoms with Crippen LogP contribution in [0.4, 0.5) is 4.79 Å². The van der Waals surface area contributed by atoms with E-state index in [9.17, 15) is 4.79 Å². The highest BCUT2D eigenvalue weighted by atomic mass is 16.6. The number of aromatic nitrogens is 1. The van der Waals surface area contributed by atoms with Crippen molar-refractivity contribution in [3.05, 3.63) is 30.1 Å². The molecule has 0 saturated carbocycles. The van der Waals surface area contributed by atoms with Crippen LogP contribution in [0.1, 0.15) is 12.6 Å². The highest BCUT2D eigenvalue weighted by Gasteiger charge is 2.31. The maximum Gasteiger partial charge on any atom is 0.408 e. The number of ether oxygens (including phenoxy) is 1. The van der Waals surface area contributed by atoms with E-state index in [0.717, 1.165) is 5.69 Å². The van der Waals surface area contributed by atoms with E-state index in [-0.39, 0.29) is 11.6 Å². The number of carbonyl (C=O) groups is 1. The van der Waals surface area contributed by atoms with Gasteiger partial charge in [0, 0.05) is 11.9 Å². The number of cyclic esters (lactones) is 1. The van der Waals surface area contributed by atoms with Gasteiger partial charge in [0.2, 0.25) is 0 Å². The van der Waals surface area contributed by atoms with E-state index < -0.39 is 0 Å². The normalized spacial score (nSPS) is 26.5. The Labute approximate surface area is 82.0 Å². The van der Waals surface area contributed by atoms with Crippen molar-refractivity contribution in [2.24, 2.45) is 0 Å². The first-order valence-corrected chi connectivity index (χ1v) is 4.46. The highest BCUT2D eigenvalue weighted by Crippen LogP contribution is 2.15. The lowest BCUT2D eigenvalue weighted by Crippen LogP contribution is -2.37. The van der Waals surface area contributed by atoms with E-state index in [1.54, 1.807) is 0 Å². The van der Waals surface area contributed by atoms with Gasteiger partial charge in [0.15, 0.2) is 0 Å². The van der Waals surface area contributed by atoms with Gasteiger partial charge in [0.1, 0.15) is 6.61 Å². The summed E-state index contributed by atoms with van der Waals surface area (Å²) in [4.78, 5) is 13.9. The fourth-order valence-electron chi connectivity index (χ4n) is 1.33. The third-order valence-electron chi connectivity index (χ3n) is 2.14. The van der Waals surface area contributed by atoms with Gasteiger partial charge in [0.05, 0.1) is 5.54 Å². The Morgan fingerprint density at radius 3 is 3.07 bits per heavy atom. The number of aromatic amines is 1. The largest absolute Gasteiger partial charge is 0.447 e. The lowest BCUT2D eigenvalue weighted by molar-refractivity contribution is 0.175. The molecule has 0 bridgehead atoms. The average molecular weight is 192 g/mol. The Morgan fingerprint density at radius 1 is 1.64 bits per heavy atom. The van der Waals surface area contributed by atoms with Crippen molar-refractivity contribution in [1.82, 2.24) is 10.3 Å². The third kappa shape index (κ3) is 1.79. The molecule has 14 heavy (non-hydrogen) atoms. The Bertz CT molecular complexity index is 356. The summed E-state index contributed by atoms with van der Waals surface area (Å²) in [6.07, 6.45) is 5.34. The molecule has 1 aliphatic heterocycles. The molecule has 0 spiro atoms. The van der Waals surface area contributed by atoms with Gasteiger partial charge in [-0.05, 0) is 25.1 Å². The van der Waals surface area contributed by atoms with Gasteiger partial charge in [-0.2, -0.15) is 0 Å². The van der Waals surface area contributed by atoms with E-state index >= 15 is 0 Å². The number of carbonyl (C=O) groups excluding carboxylic acids is 1. The lowest BCUT2D eigenvalue weighted by Gasteiger charge is -2.14. The minimum atomic E-state index is -0.387. The molecule has 1 aromatic rings. The van der Waals surface area contributed by atoms with Crippen molar-refractivity contribution in [3.63, 3.8) is 0 Å². The molecule has 1 fully saturated rings. The summed E-state index contributed by atoms with van der Waals surface area (Å²) in [6.45, 7) is 2.29. The lowest BCUT2D eigenvalue weighted by atomic mass is 10.0. The summed E-state index contributed by atoms with van der Waals surface area (Å²) >= 11 is 0. The fourth-order valence-corrected chi connectivity index (χ4v) is 1.33. The van der Waals surface area contributed by atoms with Crippen LogP contribution >= 0.6 is 0 Å². The molecule has 74 valence electrons. The first-order valence-electron chi connectivity index (χ1n) is 4.46. The number of hydrogen-bond donors (Lipinski definition) is 2. The molecule has 0 aliphatic carbocycles. The SMILES string of the molecule is CC1(/C=C/c2ccc[nH]2)COC(=O)N1. The van der Waals surface area contributed by atoms with Gasteiger partial charge < -0.3 is 15.0 Å². The summed E-state index contributed by atoms with van der Waals surface area (Å²) in [5.74, 6) is 0. The number of hydrogen-bond acceptors (Lipinski definition) is 2. The second kappa shape index (κ2) is 3.21. The van der Waals surface area contributed by atoms with Gasteiger partial charge >= 0.3 is 6.09 Å². The van der Waals surface area contributed by atoms with Crippen molar-refractivity contribution in [1.29, 1.82) is 0 Å². The molecular weight excluding hydrogens is 180 g/mol. The predicted molar refractivity (Wildman–Crippen MR) is 52.7 cm³/mol. The molecule has 1 saturated heterocycles. The van der Waals surface area contributed by atoms with Crippen LogP contribution in [-0.4, -0.2) is 23.2 Å². The molecule has 1 amide bonds. The predicted octanol–water partition coefficient (Wildman–Crippen LogP) is 1.53. The van der Waals surface area contributed by atoms with Crippen LogP contribution in [0.5, 0.6) is 0 Å². The Balaban J connectivity index is 2.07. The van der Waals surface area contributed by atoms with Crippen LogP contribution in [0, 0.1) is 0 Å². The average Bonchev–Trinajstić information content (AvgIpc) is 2.73. The number of H-pyrrole nitrogens is 1. The quantitative estimate of drug-likeness (QED) is 0.746. The number of nitrogens with one attached hydrogen (secondary N) is 2. The van der Waals surface area contributed by atoms with Gasteiger partial charge in [-0.15, -0.1) is 0 Å². The summed E-state index contributed by atoms with van der Waals surface area (Å²) < 4.78 is 4.83. The zero-order chi connectivity index (χ0) is 10.0. The Kier molecular flexibility index (Phi) is 2.04. The van der Waals surface area contributed by atoms with Gasteiger partial charge in [-0.3, -0.25) is 0 Å². The summed E-state index contributed by atoms with van der Waals surface area (Å²) in [5.41, 5.74) is 0.620. The van der Waals surface area contributed by atoms with Crippen LogP contribution in [0.2, 0.25) is 0 Å². The van der Waals surface area contributed by atoms with Crippen molar-refractivity contribution < 1.29 is 9.53 Å². The maximum atomic E-state index is 10.8. The second-order valence-electron chi connectivity index (χ2n) is 3.58. The molecule has 2 heterocycles. The van der Waals surface area contributed by atoms with Gasteiger partial charge in [0.25, 0.3) is 0 Å². The van der Waals surface area contributed by atoms with Crippen molar-refractivity contribution >= 4 is 12.2 Å². The van der Waals surface area contributed by atoms with E-state index in [2.05, 4.69) is 10.3 Å². The first-order chi connectivity index (χ1) is 6.68. The monoisotopic (exact) mass is 192 g/mol. The minimum Gasteiger partial charge on any atom is -0.447 e. The van der Waals surface area contributed by atoms with E-state index in [1.807, 2.05) is 37.4 Å². The zero-order valence-corrected chi connectivity index (χ0v) is 7.91. The number of rotatable bonds is 2. The second-order valence-corrected chi connectivity index (χ2v) is 3.58. The summed E-state index contributed by atoms with van der Waals surface area (Å²) in [5, 5.41) is 2.73. The third-order valence-corrected chi connectivity index (χ3v) is 2.14. The van der Waals surface area contributed by atoms with Crippen molar-refractivity contribution in [2.75, 3.05) is 6.61 Å². The molecule has 1 unspecified atom stereocenters. The molecule has 4 nitrogen and oxygen atoms in total. The highest BCUT2D eigenvalue weighted by molar-refractivity contribution is 5.71. The van der Waals surface area contributed by atoms with Crippen LogP contribution in [0.3, 0.4) is 0 Å². The molecule has 4 heteroatoms. The van der Waals surface area contributed by atoms with Gasteiger partial charge in [-0.25, -0.2) is 4.79 Å². The number of amides is 1. The van der Waals surface area contributed by atoms with Crippen molar-refractivity contribution in [2.45, 2.75) is 12.5 Å². The molecule has 1 aliphatic rings. The Morgan fingerprint density at radius 2 is 2.50 bits per heavy atom. The molecule has 1 aromatic heterocycles. The van der Waals surface area contributed by atoms with Crippen LogP contribution in [0.15, 0.2) is 24.4 Å². The van der Waals surface area contributed by atoms with Crippen LogP contribution < -0.4 is 5.32 Å². The minimum absolute atomic E-state index is 0.358. The van der Waals surface area contributed by atoms with E-state index in [4.69, 9.17) is 4.74 Å². The fraction of sp³-hybridized carbons (Fsp3) is 0.300. The summed E-state index contributed by atoms with van der Waals surface area (Å²) in [6, 6.07) is 3.88. The Hall–Kier alpha value is -1.71. The first kappa shape index (κ1) is 8.87. The smallest absolute Gasteiger partial charge is 0.408 e. The molecule has 2 N–H and O–H groups in total. The van der Waals surface area contributed by atoms with Crippen LogP contribution in [0.25, 0.3) is 6.08 Å². The zero-order valence-electron chi connectivity index (χ0n) is 7.91. The topological polar surface area (TPSA) is 54.1 Å². The molecular formula is C10H12N2O2.